The number of ether oxygens (including phenoxy) is 1. The van der Waals surface area contributed by atoms with Gasteiger partial charge in [-0.25, -0.2) is 4.79 Å². The number of primary amides is 1. The van der Waals surface area contributed by atoms with Gasteiger partial charge in [-0.3, -0.25) is 4.90 Å². The lowest BCUT2D eigenvalue weighted by Gasteiger charge is -2.19. The molecule has 2 atom stereocenters. The fraction of sp³-hybridized carbons (Fsp3) is 0.533. The van der Waals surface area contributed by atoms with Crippen molar-refractivity contribution in [2.45, 2.75) is 13.0 Å². The molecule has 4 heteroatoms. The van der Waals surface area contributed by atoms with Crippen molar-refractivity contribution in [3.05, 3.63) is 35.9 Å². The van der Waals surface area contributed by atoms with E-state index in [9.17, 15) is 4.79 Å². The van der Waals surface area contributed by atoms with Crippen molar-refractivity contribution in [1.29, 1.82) is 0 Å². The minimum atomic E-state index is -0.656. The molecule has 1 heterocycles. The van der Waals surface area contributed by atoms with Crippen molar-refractivity contribution in [1.82, 2.24) is 4.90 Å². The molecule has 1 saturated heterocycles. The van der Waals surface area contributed by atoms with Crippen LogP contribution in [-0.2, 0) is 11.3 Å². The summed E-state index contributed by atoms with van der Waals surface area (Å²) in [7, 11) is 0. The summed E-state index contributed by atoms with van der Waals surface area (Å²) in [5.41, 5.74) is 6.34. The molecular formula is C15H20N2O2. The number of amides is 1. The summed E-state index contributed by atoms with van der Waals surface area (Å²) in [6.45, 7) is 3.89. The Labute approximate surface area is 113 Å². The van der Waals surface area contributed by atoms with Crippen LogP contribution in [0.25, 0.3) is 0 Å². The van der Waals surface area contributed by atoms with Gasteiger partial charge >= 0.3 is 6.09 Å². The zero-order valence-electron chi connectivity index (χ0n) is 11.0. The second-order valence-corrected chi connectivity index (χ2v) is 5.63. The molecular weight excluding hydrogens is 240 g/mol. The molecule has 1 aliphatic carbocycles. The molecule has 4 nitrogen and oxygen atoms in total. The van der Waals surface area contributed by atoms with Crippen LogP contribution in [-0.4, -0.2) is 30.7 Å². The average Bonchev–Trinajstić information content (AvgIpc) is 2.84. The summed E-state index contributed by atoms with van der Waals surface area (Å²) in [5.74, 6) is 2.35. The molecule has 19 heavy (non-hydrogen) atoms. The third-order valence-electron chi connectivity index (χ3n) is 4.39. The highest BCUT2D eigenvalue weighted by atomic mass is 16.5. The van der Waals surface area contributed by atoms with Crippen LogP contribution in [0, 0.1) is 17.8 Å². The Kier molecular flexibility index (Phi) is 3.42. The minimum Gasteiger partial charge on any atom is -0.450 e. The minimum absolute atomic E-state index is 0.478. The number of rotatable bonds is 5. The Morgan fingerprint density at radius 2 is 1.95 bits per heavy atom. The second kappa shape index (κ2) is 5.21. The Bertz CT molecular complexity index is 437. The normalized spacial score (nSPS) is 28.9. The van der Waals surface area contributed by atoms with Crippen LogP contribution in [0.3, 0.4) is 0 Å². The maximum atomic E-state index is 10.5. The summed E-state index contributed by atoms with van der Waals surface area (Å²) in [5, 5.41) is 0. The smallest absolute Gasteiger partial charge is 0.404 e. The number of nitrogens with two attached hydrogens (primary N) is 1. The standard InChI is InChI=1S/C15H20N2O2/c16-15(18)19-7-6-12-13-9-17(10-14(12)13)8-11-4-2-1-3-5-11/h1-5,12-14H,6-10H2,(H2,16,18). The quantitative estimate of drug-likeness (QED) is 0.879. The number of piperidine rings is 1. The molecule has 2 N–H and O–H groups in total. The molecule has 1 aliphatic heterocycles. The molecule has 1 aromatic carbocycles. The molecule has 1 aromatic rings. The van der Waals surface area contributed by atoms with Gasteiger partial charge in [0.05, 0.1) is 6.61 Å². The van der Waals surface area contributed by atoms with Gasteiger partial charge in [0.1, 0.15) is 0 Å². The molecule has 2 aliphatic rings. The van der Waals surface area contributed by atoms with Crippen LogP contribution >= 0.6 is 0 Å². The highest BCUT2D eigenvalue weighted by Gasteiger charge is 2.54. The number of benzene rings is 1. The molecule has 2 unspecified atom stereocenters. The molecule has 0 bridgehead atoms. The fourth-order valence-electron chi connectivity index (χ4n) is 3.43. The van der Waals surface area contributed by atoms with Crippen LogP contribution in [0.5, 0.6) is 0 Å². The Balaban J connectivity index is 1.40. The summed E-state index contributed by atoms with van der Waals surface area (Å²) < 4.78 is 4.81. The van der Waals surface area contributed by atoms with E-state index in [-0.39, 0.29) is 0 Å². The highest BCUT2D eigenvalue weighted by molar-refractivity contribution is 5.64. The Morgan fingerprint density at radius 3 is 2.58 bits per heavy atom. The van der Waals surface area contributed by atoms with E-state index in [1.165, 1.54) is 18.7 Å². The van der Waals surface area contributed by atoms with Gasteiger partial charge < -0.3 is 10.5 Å². The molecule has 102 valence electrons. The van der Waals surface area contributed by atoms with Gasteiger partial charge in [0.15, 0.2) is 0 Å². The number of hydrogen-bond donors (Lipinski definition) is 1. The zero-order valence-corrected chi connectivity index (χ0v) is 11.0. The first-order valence-electron chi connectivity index (χ1n) is 6.92. The van der Waals surface area contributed by atoms with E-state index >= 15 is 0 Å². The number of likely N-dealkylation sites (tertiary alicyclic amines) is 1. The van der Waals surface area contributed by atoms with Crippen molar-refractivity contribution >= 4 is 6.09 Å². The summed E-state index contributed by atoms with van der Waals surface area (Å²) >= 11 is 0. The average molecular weight is 260 g/mol. The van der Waals surface area contributed by atoms with Crippen LogP contribution < -0.4 is 5.73 Å². The van der Waals surface area contributed by atoms with E-state index in [1.807, 2.05) is 0 Å². The lowest BCUT2D eigenvalue weighted by molar-refractivity contribution is 0.150. The monoisotopic (exact) mass is 260 g/mol. The van der Waals surface area contributed by atoms with Gasteiger partial charge in [-0.05, 0) is 29.7 Å². The largest absolute Gasteiger partial charge is 0.450 e. The van der Waals surface area contributed by atoms with Crippen LogP contribution in [0.4, 0.5) is 4.79 Å². The maximum Gasteiger partial charge on any atom is 0.404 e. The Hall–Kier alpha value is -1.55. The molecule has 1 saturated carbocycles. The third kappa shape index (κ3) is 2.89. The van der Waals surface area contributed by atoms with Gasteiger partial charge in [-0.1, -0.05) is 30.3 Å². The summed E-state index contributed by atoms with van der Waals surface area (Å²) in [6, 6.07) is 10.6. The predicted molar refractivity (Wildman–Crippen MR) is 72.3 cm³/mol. The number of fused-ring (bicyclic) bond motifs is 1. The second-order valence-electron chi connectivity index (χ2n) is 5.63. The Morgan fingerprint density at radius 1 is 1.26 bits per heavy atom. The summed E-state index contributed by atoms with van der Waals surface area (Å²) in [6.07, 6.45) is 0.314. The van der Waals surface area contributed by atoms with E-state index in [0.29, 0.717) is 6.61 Å². The van der Waals surface area contributed by atoms with Gasteiger partial charge in [-0.2, -0.15) is 0 Å². The van der Waals surface area contributed by atoms with Crippen LogP contribution in [0.2, 0.25) is 0 Å². The van der Waals surface area contributed by atoms with Gasteiger partial charge in [0.25, 0.3) is 0 Å². The SMILES string of the molecule is NC(=O)OCCC1C2CN(Cc3ccccc3)CC12. The zero-order chi connectivity index (χ0) is 13.2. The molecule has 0 spiro atoms. The molecule has 0 aromatic heterocycles. The number of hydrogen-bond acceptors (Lipinski definition) is 3. The number of nitrogens with zero attached hydrogens (tertiary/aromatic N) is 1. The van der Waals surface area contributed by atoms with Crippen LogP contribution in [0.1, 0.15) is 12.0 Å². The van der Waals surface area contributed by atoms with Crippen molar-refractivity contribution < 1.29 is 9.53 Å². The first-order valence-corrected chi connectivity index (χ1v) is 6.92. The fourth-order valence-corrected chi connectivity index (χ4v) is 3.43. The van der Waals surface area contributed by atoms with Crippen LogP contribution in [0.15, 0.2) is 30.3 Å². The lowest BCUT2D eigenvalue weighted by atomic mass is 10.1. The lowest BCUT2D eigenvalue weighted by Crippen LogP contribution is -2.24. The molecule has 0 radical (unpaired) electrons. The van der Waals surface area contributed by atoms with Gasteiger partial charge in [0.2, 0.25) is 0 Å². The van der Waals surface area contributed by atoms with E-state index in [2.05, 4.69) is 35.2 Å². The van der Waals surface area contributed by atoms with Crippen molar-refractivity contribution in [3.8, 4) is 0 Å². The van der Waals surface area contributed by atoms with Crippen molar-refractivity contribution in [3.63, 3.8) is 0 Å². The molecule has 1 amide bonds. The van der Waals surface area contributed by atoms with E-state index < -0.39 is 6.09 Å². The number of carbonyl (C=O) groups excluding carboxylic acids is 1. The van der Waals surface area contributed by atoms with Crippen molar-refractivity contribution in [2.24, 2.45) is 23.5 Å². The highest BCUT2D eigenvalue weighted by Crippen LogP contribution is 2.53. The first kappa shape index (κ1) is 12.5. The maximum absolute atomic E-state index is 10.5. The van der Waals surface area contributed by atoms with Gasteiger partial charge in [-0.15, -0.1) is 0 Å². The number of carbonyl (C=O) groups is 1. The third-order valence-corrected chi connectivity index (χ3v) is 4.39. The summed E-state index contributed by atoms with van der Waals surface area (Å²) in [4.78, 5) is 13.0. The van der Waals surface area contributed by atoms with E-state index in [4.69, 9.17) is 10.5 Å². The van der Waals surface area contributed by atoms with E-state index in [1.54, 1.807) is 0 Å². The van der Waals surface area contributed by atoms with Gasteiger partial charge in [0, 0.05) is 19.6 Å². The van der Waals surface area contributed by atoms with E-state index in [0.717, 1.165) is 30.7 Å². The molecule has 3 rings (SSSR count). The first-order chi connectivity index (χ1) is 9.24. The topological polar surface area (TPSA) is 55.6 Å². The molecule has 2 fully saturated rings. The predicted octanol–water partition coefficient (Wildman–Crippen LogP) is 1.85. The van der Waals surface area contributed by atoms with Crippen molar-refractivity contribution in [2.75, 3.05) is 19.7 Å².